The lowest BCUT2D eigenvalue weighted by Crippen LogP contribution is -2.37. The smallest absolute Gasteiger partial charge is 0.381 e. The molecule has 200 valence electrons. The van der Waals surface area contributed by atoms with Crippen molar-refractivity contribution in [2.24, 2.45) is 5.10 Å². The molecule has 1 atom stereocenters. The summed E-state index contributed by atoms with van der Waals surface area (Å²) in [5, 5.41) is 7.05. The highest BCUT2D eigenvalue weighted by atomic mass is 19.4. The summed E-state index contributed by atoms with van der Waals surface area (Å²) in [5.74, 6) is -0.309. The van der Waals surface area contributed by atoms with Gasteiger partial charge < -0.3 is 19.7 Å². The predicted octanol–water partition coefficient (Wildman–Crippen LogP) is 4.56. The van der Waals surface area contributed by atoms with Crippen molar-refractivity contribution in [2.45, 2.75) is 18.5 Å². The Kier molecular flexibility index (Phi) is 7.65. The molecule has 0 aliphatic carbocycles. The molecule has 3 aromatic rings. The lowest BCUT2D eigenvalue weighted by atomic mass is 9.95. The molecular formula is C25H25F4N7O2. The SMILES string of the molecule is Fc1cnc(N/N=C/c2ccc(Nc3cc(C4CCOC4)cc(C(F)(F)F)c3)cn2)nc1N1CCOCC1. The zero-order chi connectivity index (χ0) is 26.5. The van der Waals surface area contributed by atoms with Crippen molar-refractivity contribution in [1.29, 1.82) is 0 Å². The molecule has 0 radical (unpaired) electrons. The van der Waals surface area contributed by atoms with Gasteiger partial charge in [0.2, 0.25) is 5.95 Å². The number of morpholine rings is 1. The van der Waals surface area contributed by atoms with Gasteiger partial charge in [-0.2, -0.15) is 23.3 Å². The van der Waals surface area contributed by atoms with Gasteiger partial charge in [0.25, 0.3) is 0 Å². The number of aromatic nitrogens is 3. The van der Waals surface area contributed by atoms with Crippen molar-refractivity contribution in [3.05, 3.63) is 65.4 Å². The summed E-state index contributed by atoms with van der Waals surface area (Å²) in [4.78, 5) is 14.1. The number of hydrazone groups is 1. The Morgan fingerprint density at radius 1 is 1.00 bits per heavy atom. The first kappa shape index (κ1) is 25.8. The van der Waals surface area contributed by atoms with Crippen LogP contribution in [0, 0.1) is 5.82 Å². The lowest BCUT2D eigenvalue weighted by Gasteiger charge is -2.27. The molecule has 1 unspecified atom stereocenters. The van der Waals surface area contributed by atoms with Crippen LogP contribution in [0.4, 0.5) is 40.7 Å². The molecule has 9 nitrogen and oxygen atoms in total. The summed E-state index contributed by atoms with van der Waals surface area (Å²) in [6.45, 7) is 2.97. The largest absolute Gasteiger partial charge is 0.416 e. The number of ether oxygens (including phenoxy) is 2. The number of halogens is 4. The van der Waals surface area contributed by atoms with Crippen molar-refractivity contribution in [2.75, 3.05) is 55.2 Å². The number of anilines is 4. The van der Waals surface area contributed by atoms with Gasteiger partial charge in [0.15, 0.2) is 11.6 Å². The molecule has 13 heteroatoms. The molecule has 0 amide bonds. The maximum atomic E-state index is 14.2. The van der Waals surface area contributed by atoms with Crippen LogP contribution < -0.4 is 15.6 Å². The summed E-state index contributed by atoms with van der Waals surface area (Å²) in [6.07, 6.45) is 0.210. The zero-order valence-corrected chi connectivity index (χ0v) is 20.2. The number of pyridine rings is 1. The Morgan fingerprint density at radius 3 is 2.55 bits per heavy atom. The summed E-state index contributed by atoms with van der Waals surface area (Å²) < 4.78 is 65.2. The van der Waals surface area contributed by atoms with Gasteiger partial charge in [-0.05, 0) is 42.3 Å². The first-order valence-electron chi connectivity index (χ1n) is 12.0. The van der Waals surface area contributed by atoms with E-state index in [1.165, 1.54) is 18.5 Å². The third-order valence-corrected chi connectivity index (χ3v) is 6.16. The Morgan fingerprint density at radius 2 is 1.84 bits per heavy atom. The van der Waals surface area contributed by atoms with Crippen molar-refractivity contribution in [3.63, 3.8) is 0 Å². The first-order valence-corrected chi connectivity index (χ1v) is 12.0. The molecule has 5 rings (SSSR count). The van der Waals surface area contributed by atoms with Crippen LogP contribution >= 0.6 is 0 Å². The fraction of sp³-hybridized carbons (Fsp3) is 0.360. The molecule has 1 aromatic carbocycles. The van der Waals surface area contributed by atoms with E-state index in [4.69, 9.17) is 9.47 Å². The van der Waals surface area contributed by atoms with Crippen LogP contribution in [0.25, 0.3) is 0 Å². The topological polar surface area (TPSA) is 96.8 Å². The van der Waals surface area contributed by atoms with E-state index in [9.17, 15) is 17.6 Å². The van der Waals surface area contributed by atoms with Gasteiger partial charge in [-0.1, -0.05) is 0 Å². The van der Waals surface area contributed by atoms with Gasteiger partial charge in [0.1, 0.15) is 0 Å². The maximum Gasteiger partial charge on any atom is 0.416 e. The van der Waals surface area contributed by atoms with E-state index in [1.54, 1.807) is 23.1 Å². The van der Waals surface area contributed by atoms with Gasteiger partial charge >= 0.3 is 6.18 Å². The van der Waals surface area contributed by atoms with E-state index >= 15 is 0 Å². The van der Waals surface area contributed by atoms with Gasteiger partial charge in [-0.15, -0.1) is 0 Å². The molecule has 2 aromatic heterocycles. The maximum absolute atomic E-state index is 14.2. The molecule has 0 saturated carbocycles. The minimum atomic E-state index is -4.46. The molecule has 4 heterocycles. The Hall–Kier alpha value is -3.84. The second kappa shape index (κ2) is 11.3. The van der Waals surface area contributed by atoms with E-state index in [0.29, 0.717) is 68.6 Å². The predicted molar refractivity (Wildman–Crippen MR) is 133 cm³/mol. The second-order valence-electron chi connectivity index (χ2n) is 8.83. The van der Waals surface area contributed by atoms with Gasteiger partial charge in [0.05, 0.1) is 55.4 Å². The van der Waals surface area contributed by atoms with Crippen LogP contribution in [-0.2, 0) is 15.7 Å². The highest BCUT2D eigenvalue weighted by Gasteiger charge is 2.32. The van der Waals surface area contributed by atoms with Crippen molar-refractivity contribution in [1.82, 2.24) is 15.0 Å². The quantitative estimate of drug-likeness (QED) is 0.260. The monoisotopic (exact) mass is 531 g/mol. The molecule has 0 spiro atoms. The lowest BCUT2D eigenvalue weighted by molar-refractivity contribution is -0.137. The van der Waals surface area contributed by atoms with E-state index in [1.807, 2.05) is 0 Å². The molecular weight excluding hydrogens is 506 g/mol. The number of nitrogens with zero attached hydrogens (tertiary/aromatic N) is 5. The van der Waals surface area contributed by atoms with Gasteiger partial charge in [-0.3, -0.25) is 4.98 Å². The van der Waals surface area contributed by atoms with Crippen molar-refractivity contribution >= 4 is 29.4 Å². The van der Waals surface area contributed by atoms with E-state index in [2.05, 4.69) is 30.8 Å². The average Bonchev–Trinajstić information content (AvgIpc) is 3.46. The normalized spacial score (nSPS) is 18.2. The van der Waals surface area contributed by atoms with Crippen molar-refractivity contribution in [3.8, 4) is 0 Å². The Balaban J connectivity index is 1.24. The standard InChI is InChI=1S/C25H25F4N7O2/c26-22-14-31-24(34-23(22)36-4-7-37-8-5-36)35-32-13-19-1-2-20(12-30-19)33-21-10-17(16-3-6-38-15-16)9-18(11-21)25(27,28)29/h1-2,9-14,16,33H,3-8,15H2,(H,31,34,35)/b32-13+. The first-order chi connectivity index (χ1) is 18.3. The summed E-state index contributed by atoms with van der Waals surface area (Å²) in [5.41, 5.74) is 3.84. The minimum absolute atomic E-state index is 0.0721. The van der Waals surface area contributed by atoms with E-state index < -0.39 is 17.6 Å². The number of benzene rings is 1. The molecule has 2 aliphatic heterocycles. The van der Waals surface area contributed by atoms with Crippen LogP contribution in [0.3, 0.4) is 0 Å². The summed E-state index contributed by atoms with van der Waals surface area (Å²) >= 11 is 0. The minimum Gasteiger partial charge on any atom is -0.381 e. The number of nitrogens with one attached hydrogen (secondary N) is 2. The third-order valence-electron chi connectivity index (χ3n) is 6.16. The molecule has 2 fully saturated rings. The number of rotatable bonds is 7. The Bertz CT molecular complexity index is 1280. The van der Waals surface area contributed by atoms with Crippen molar-refractivity contribution < 1.29 is 27.0 Å². The van der Waals surface area contributed by atoms with Crippen LogP contribution in [0.5, 0.6) is 0 Å². The molecule has 2 saturated heterocycles. The highest BCUT2D eigenvalue weighted by molar-refractivity contribution is 5.78. The van der Waals surface area contributed by atoms with Crippen LogP contribution in [0.15, 0.2) is 47.8 Å². The number of hydrogen-bond donors (Lipinski definition) is 2. The average molecular weight is 532 g/mol. The molecule has 2 aliphatic rings. The molecule has 38 heavy (non-hydrogen) atoms. The van der Waals surface area contributed by atoms with Gasteiger partial charge in [-0.25, -0.2) is 14.8 Å². The molecule has 2 N–H and O–H groups in total. The van der Waals surface area contributed by atoms with Gasteiger partial charge in [0, 0.05) is 31.3 Å². The number of alkyl halides is 3. The highest BCUT2D eigenvalue weighted by Crippen LogP contribution is 2.36. The zero-order valence-electron chi connectivity index (χ0n) is 20.2. The van der Waals surface area contributed by atoms with E-state index in [-0.39, 0.29) is 17.7 Å². The summed E-state index contributed by atoms with van der Waals surface area (Å²) in [6, 6.07) is 7.30. The fourth-order valence-corrected chi connectivity index (χ4v) is 4.21. The molecule has 0 bridgehead atoms. The fourth-order valence-electron chi connectivity index (χ4n) is 4.21. The number of hydrogen-bond acceptors (Lipinski definition) is 9. The van der Waals surface area contributed by atoms with Crippen LogP contribution in [-0.4, -0.2) is 60.7 Å². The summed E-state index contributed by atoms with van der Waals surface area (Å²) in [7, 11) is 0. The third kappa shape index (κ3) is 6.34. The van der Waals surface area contributed by atoms with Crippen LogP contribution in [0.2, 0.25) is 0 Å². The second-order valence-corrected chi connectivity index (χ2v) is 8.83. The Labute approximate surface area is 215 Å². The van der Waals surface area contributed by atoms with E-state index in [0.717, 1.165) is 12.3 Å². The van der Waals surface area contributed by atoms with Crippen LogP contribution in [0.1, 0.15) is 29.2 Å².